The van der Waals surface area contributed by atoms with Gasteiger partial charge in [-0.05, 0) is 56.2 Å². The Labute approximate surface area is 170 Å². The molecule has 1 amide bonds. The molecule has 3 aromatic rings. The minimum Gasteiger partial charge on any atom is -0.368 e. The predicted octanol–water partition coefficient (Wildman–Crippen LogP) is 3.90. The van der Waals surface area contributed by atoms with Crippen molar-refractivity contribution in [1.29, 1.82) is 0 Å². The van der Waals surface area contributed by atoms with Crippen molar-refractivity contribution in [2.45, 2.75) is 20.8 Å². The highest BCUT2D eigenvalue weighted by Crippen LogP contribution is 2.25. The summed E-state index contributed by atoms with van der Waals surface area (Å²) >= 11 is 0. The first-order chi connectivity index (χ1) is 14.0. The number of halogens is 1. The first kappa shape index (κ1) is 19.2. The second-order valence-electron chi connectivity index (χ2n) is 7.53. The number of rotatable bonds is 3. The zero-order valence-corrected chi connectivity index (χ0v) is 17.0. The maximum Gasteiger partial charge on any atom is 0.272 e. The summed E-state index contributed by atoms with van der Waals surface area (Å²) in [6, 6.07) is 14.4. The van der Waals surface area contributed by atoms with Gasteiger partial charge in [0.2, 0.25) is 0 Å². The molecule has 1 fully saturated rings. The van der Waals surface area contributed by atoms with Crippen LogP contribution in [0.5, 0.6) is 0 Å². The Bertz CT molecular complexity index is 1050. The number of amides is 1. The van der Waals surface area contributed by atoms with E-state index in [2.05, 4.69) is 42.0 Å². The maximum atomic E-state index is 14.3. The van der Waals surface area contributed by atoms with Crippen LogP contribution in [0.1, 0.15) is 27.3 Å². The van der Waals surface area contributed by atoms with Crippen LogP contribution in [-0.2, 0) is 0 Å². The van der Waals surface area contributed by atoms with E-state index in [0.29, 0.717) is 24.5 Å². The molecule has 0 aliphatic carbocycles. The van der Waals surface area contributed by atoms with E-state index in [9.17, 15) is 9.18 Å². The number of piperazine rings is 1. The molecule has 0 atom stereocenters. The number of hydrogen-bond acceptors (Lipinski definition) is 3. The predicted molar refractivity (Wildman–Crippen MR) is 112 cm³/mol. The Morgan fingerprint density at radius 1 is 0.931 bits per heavy atom. The van der Waals surface area contributed by atoms with Crippen molar-refractivity contribution in [3.8, 4) is 5.69 Å². The standard InChI is InChI=1S/C23H25FN4O/c1-16-7-6-10-20(18(16)3)26-11-13-27(14-12-26)23(29)22-15-17(2)25-28(22)21-9-5-4-8-19(21)24/h4-10,15H,11-14H2,1-3H3. The molecule has 0 spiro atoms. The quantitative estimate of drug-likeness (QED) is 0.679. The van der Waals surface area contributed by atoms with E-state index in [-0.39, 0.29) is 11.6 Å². The van der Waals surface area contributed by atoms with Crippen molar-refractivity contribution >= 4 is 11.6 Å². The van der Waals surface area contributed by atoms with Gasteiger partial charge in [-0.15, -0.1) is 0 Å². The van der Waals surface area contributed by atoms with Crippen LogP contribution in [-0.4, -0.2) is 46.8 Å². The number of para-hydroxylation sites is 1. The fourth-order valence-corrected chi connectivity index (χ4v) is 3.85. The molecule has 2 aromatic carbocycles. The monoisotopic (exact) mass is 392 g/mol. The molecule has 1 aromatic heterocycles. The van der Waals surface area contributed by atoms with Crippen LogP contribution in [0.2, 0.25) is 0 Å². The van der Waals surface area contributed by atoms with Gasteiger partial charge in [0.1, 0.15) is 17.2 Å². The van der Waals surface area contributed by atoms with Crippen molar-refractivity contribution in [2.24, 2.45) is 0 Å². The Hall–Kier alpha value is -3.15. The van der Waals surface area contributed by atoms with E-state index < -0.39 is 5.82 Å². The molecule has 0 unspecified atom stereocenters. The summed E-state index contributed by atoms with van der Waals surface area (Å²) in [4.78, 5) is 17.4. The second kappa shape index (κ2) is 7.70. The average molecular weight is 392 g/mol. The van der Waals surface area contributed by atoms with Gasteiger partial charge in [-0.25, -0.2) is 9.07 Å². The van der Waals surface area contributed by atoms with E-state index in [1.54, 1.807) is 24.3 Å². The highest BCUT2D eigenvalue weighted by Gasteiger charge is 2.26. The molecule has 1 saturated heterocycles. The van der Waals surface area contributed by atoms with Gasteiger partial charge in [0.05, 0.1) is 5.69 Å². The fraction of sp³-hybridized carbons (Fsp3) is 0.304. The number of nitrogens with zero attached hydrogens (tertiary/aromatic N) is 4. The number of hydrogen-bond donors (Lipinski definition) is 0. The van der Waals surface area contributed by atoms with Crippen LogP contribution < -0.4 is 4.90 Å². The molecule has 5 nitrogen and oxygen atoms in total. The molecule has 2 heterocycles. The molecule has 1 aliphatic heterocycles. The zero-order valence-electron chi connectivity index (χ0n) is 17.0. The van der Waals surface area contributed by atoms with Gasteiger partial charge in [0.25, 0.3) is 5.91 Å². The Morgan fingerprint density at radius 2 is 1.62 bits per heavy atom. The van der Waals surface area contributed by atoms with E-state index in [4.69, 9.17) is 0 Å². The second-order valence-corrected chi connectivity index (χ2v) is 7.53. The zero-order chi connectivity index (χ0) is 20.5. The van der Waals surface area contributed by atoms with Crippen LogP contribution in [0.15, 0.2) is 48.5 Å². The van der Waals surface area contributed by atoms with Gasteiger partial charge in [-0.1, -0.05) is 24.3 Å². The minimum absolute atomic E-state index is 0.116. The van der Waals surface area contributed by atoms with Crippen LogP contribution >= 0.6 is 0 Å². The Balaban J connectivity index is 1.54. The van der Waals surface area contributed by atoms with E-state index in [1.165, 1.54) is 27.6 Å². The number of carbonyl (C=O) groups excluding carboxylic acids is 1. The number of aromatic nitrogens is 2. The van der Waals surface area contributed by atoms with Crippen molar-refractivity contribution < 1.29 is 9.18 Å². The van der Waals surface area contributed by atoms with Crippen molar-refractivity contribution in [3.05, 3.63) is 76.9 Å². The lowest BCUT2D eigenvalue weighted by Gasteiger charge is -2.37. The molecule has 4 rings (SSSR count). The first-order valence-corrected chi connectivity index (χ1v) is 9.87. The SMILES string of the molecule is Cc1cc(C(=O)N2CCN(c3cccc(C)c3C)CC2)n(-c2ccccc2F)n1. The summed E-state index contributed by atoms with van der Waals surface area (Å²) in [5.41, 5.74) is 5.14. The Morgan fingerprint density at radius 3 is 2.34 bits per heavy atom. The van der Waals surface area contributed by atoms with Gasteiger partial charge < -0.3 is 9.80 Å². The number of carbonyl (C=O) groups is 1. The molecular formula is C23H25FN4O. The number of aryl methyl sites for hydroxylation is 2. The lowest BCUT2D eigenvalue weighted by molar-refractivity contribution is 0.0737. The van der Waals surface area contributed by atoms with Crippen LogP contribution in [0.4, 0.5) is 10.1 Å². The van der Waals surface area contributed by atoms with Gasteiger partial charge in [0.15, 0.2) is 0 Å². The van der Waals surface area contributed by atoms with Crippen molar-refractivity contribution in [2.75, 3.05) is 31.1 Å². The third kappa shape index (κ3) is 3.62. The highest BCUT2D eigenvalue weighted by molar-refractivity contribution is 5.93. The van der Waals surface area contributed by atoms with Gasteiger partial charge in [-0.2, -0.15) is 5.10 Å². The largest absolute Gasteiger partial charge is 0.368 e. The summed E-state index contributed by atoms with van der Waals surface area (Å²) in [7, 11) is 0. The molecule has 6 heteroatoms. The maximum absolute atomic E-state index is 14.3. The average Bonchev–Trinajstić information content (AvgIpc) is 3.11. The van der Waals surface area contributed by atoms with Crippen LogP contribution in [0.3, 0.4) is 0 Å². The Kier molecular flexibility index (Phi) is 5.09. The molecule has 150 valence electrons. The minimum atomic E-state index is -0.399. The molecule has 0 saturated carbocycles. The van der Waals surface area contributed by atoms with E-state index >= 15 is 0 Å². The lowest BCUT2D eigenvalue weighted by Crippen LogP contribution is -2.49. The van der Waals surface area contributed by atoms with Gasteiger partial charge in [-0.3, -0.25) is 4.79 Å². The van der Waals surface area contributed by atoms with Crippen molar-refractivity contribution in [3.63, 3.8) is 0 Å². The topological polar surface area (TPSA) is 41.4 Å². The number of anilines is 1. The highest BCUT2D eigenvalue weighted by atomic mass is 19.1. The van der Waals surface area contributed by atoms with E-state index in [0.717, 1.165) is 13.1 Å². The number of benzene rings is 2. The lowest BCUT2D eigenvalue weighted by atomic mass is 10.1. The molecule has 0 radical (unpaired) electrons. The molecule has 29 heavy (non-hydrogen) atoms. The summed E-state index contributed by atoms with van der Waals surface area (Å²) in [5, 5.41) is 4.36. The molecular weight excluding hydrogens is 367 g/mol. The molecule has 1 aliphatic rings. The smallest absolute Gasteiger partial charge is 0.272 e. The van der Waals surface area contributed by atoms with Crippen molar-refractivity contribution in [1.82, 2.24) is 14.7 Å². The first-order valence-electron chi connectivity index (χ1n) is 9.87. The summed E-state index contributed by atoms with van der Waals surface area (Å²) < 4.78 is 15.7. The van der Waals surface area contributed by atoms with Gasteiger partial charge in [0, 0.05) is 31.9 Å². The fourth-order valence-electron chi connectivity index (χ4n) is 3.85. The third-order valence-electron chi connectivity index (χ3n) is 5.61. The molecule has 0 bridgehead atoms. The van der Waals surface area contributed by atoms with Crippen LogP contribution in [0.25, 0.3) is 5.69 Å². The summed E-state index contributed by atoms with van der Waals surface area (Å²) in [6.07, 6.45) is 0. The van der Waals surface area contributed by atoms with E-state index in [1.807, 2.05) is 11.8 Å². The third-order valence-corrected chi connectivity index (χ3v) is 5.61. The molecule has 0 N–H and O–H groups in total. The summed E-state index contributed by atoms with van der Waals surface area (Å²) in [6.45, 7) is 8.84. The van der Waals surface area contributed by atoms with Crippen LogP contribution in [0, 0.1) is 26.6 Å². The summed E-state index contributed by atoms with van der Waals surface area (Å²) in [5.74, 6) is -0.515. The normalized spacial score (nSPS) is 14.3. The van der Waals surface area contributed by atoms with Gasteiger partial charge >= 0.3 is 0 Å².